The van der Waals surface area contributed by atoms with E-state index in [1.165, 1.54) is 24.9 Å². The SMILES string of the molecule is COCCCOc1cc(C[C@@H](C[C@H](N)C(O)C[C@H](C(=O)NCc2ccccc2N2CCCCC2)C(C)C)C(C)C)ccc1OC. The smallest absolute Gasteiger partial charge is 0.223 e. The number of carbonyl (C=O) groups is 1. The first kappa shape index (κ1) is 36.7. The zero-order chi connectivity index (χ0) is 32.8. The molecule has 1 saturated heterocycles. The molecule has 252 valence electrons. The number of aliphatic hydroxyl groups excluding tert-OH is 1. The normalized spacial score (nSPS) is 16.4. The predicted octanol–water partition coefficient (Wildman–Crippen LogP) is 5.97. The molecule has 1 heterocycles. The molecule has 0 spiro atoms. The molecule has 0 aromatic heterocycles. The Hall–Kier alpha value is -2.81. The fraction of sp³-hybridized carbons (Fsp3) is 0.649. The molecule has 8 nitrogen and oxygen atoms in total. The monoisotopic (exact) mass is 625 g/mol. The Labute approximate surface area is 272 Å². The maximum atomic E-state index is 13.5. The van der Waals surface area contributed by atoms with Gasteiger partial charge in [-0.1, -0.05) is 52.0 Å². The van der Waals surface area contributed by atoms with E-state index in [4.69, 9.17) is 19.9 Å². The third-order valence-corrected chi connectivity index (χ3v) is 9.27. The van der Waals surface area contributed by atoms with Crippen LogP contribution in [0.2, 0.25) is 0 Å². The highest BCUT2D eigenvalue weighted by Crippen LogP contribution is 2.32. The van der Waals surface area contributed by atoms with Crippen molar-refractivity contribution in [3.05, 3.63) is 53.6 Å². The van der Waals surface area contributed by atoms with Crippen LogP contribution in [0.5, 0.6) is 11.5 Å². The van der Waals surface area contributed by atoms with Crippen LogP contribution in [0.1, 0.15) is 77.3 Å². The number of hydrogen-bond donors (Lipinski definition) is 3. The molecule has 1 fully saturated rings. The van der Waals surface area contributed by atoms with Crippen LogP contribution < -0.4 is 25.4 Å². The lowest BCUT2D eigenvalue weighted by molar-refractivity contribution is -0.127. The van der Waals surface area contributed by atoms with E-state index < -0.39 is 12.1 Å². The summed E-state index contributed by atoms with van der Waals surface area (Å²) < 4.78 is 16.6. The van der Waals surface area contributed by atoms with Gasteiger partial charge in [0, 0.05) is 57.4 Å². The van der Waals surface area contributed by atoms with Gasteiger partial charge in [0.15, 0.2) is 11.5 Å². The number of rotatable bonds is 19. The molecule has 3 rings (SSSR count). The molecule has 2 aromatic rings. The minimum Gasteiger partial charge on any atom is -0.493 e. The summed E-state index contributed by atoms with van der Waals surface area (Å²) in [6.07, 6.45) is 5.51. The maximum Gasteiger partial charge on any atom is 0.223 e. The molecule has 1 aliphatic heterocycles. The Morgan fingerprint density at radius 1 is 0.956 bits per heavy atom. The van der Waals surface area contributed by atoms with Crippen LogP contribution in [0, 0.1) is 23.7 Å². The highest BCUT2D eigenvalue weighted by Gasteiger charge is 2.30. The highest BCUT2D eigenvalue weighted by atomic mass is 16.5. The number of para-hydroxylation sites is 1. The quantitative estimate of drug-likeness (QED) is 0.165. The molecule has 0 bridgehead atoms. The van der Waals surface area contributed by atoms with Crippen molar-refractivity contribution < 1.29 is 24.1 Å². The molecular weight excluding hydrogens is 566 g/mol. The standard InChI is InChI=1S/C37H59N3O5/c1-26(2)30(21-28-15-16-35(44-6)36(22-28)45-20-12-19-43-5)23-32(38)34(41)24-31(27(3)4)37(42)39-25-29-13-8-9-14-33(29)40-17-10-7-11-18-40/h8-9,13-16,22,26-27,30-32,34,41H,7,10-12,17-21,23-25,38H2,1-6H3,(H,39,42)/t30-,31-,32-,34?/m0/s1. The second-order valence-corrected chi connectivity index (χ2v) is 13.3. The summed E-state index contributed by atoms with van der Waals surface area (Å²) in [5, 5.41) is 14.5. The predicted molar refractivity (Wildman–Crippen MR) is 183 cm³/mol. The Bertz CT molecular complexity index is 1150. The maximum absolute atomic E-state index is 13.5. The molecule has 1 unspecified atom stereocenters. The van der Waals surface area contributed by atoms with Gasteiger partial charge < -0.3 is 35.3 Å². The van der Waals surface area contributed by atoms with Gasteiger partial charge in [-0.25, -0.2) is 0 Å². The summed E-state index contributed by atoms with van der Waals surface area (Å²) in [5.41, 5.74) is 10.1. The van der Waals surface area contributed by atoms with Crippen LogP contribution in [0.4, 0.5) is 5.69 Å². The van der Waals surface area contributed by atoms with Crippen molar-refractivity contribution in [1.29, 1.82) is 0 Å². The summed E-state index contributed by atoms with van der Waals surface area (Å²) >= 11 is 0. The number of nitrogens with one attached hydrogen (secondary N) is 1. The van der Waals surface area contributed by atoms with E-state index in [2.05, 4.69) is 48.3 Å². The summed E-state index contributed by atoms with van der Waals surface area (Å²) in [6, 6.07) is 14.0. The average molecular weight is 626 g/mol. The molecule has 1 aliphatic rings. The molecule has 0 aliphatic carbocycles. The molecular formula is C37H59N3O5. The number of amides is 1. The first-order chi connectivity index (χ1) is 21.6. The third kappa shape index (κ3) is 11.5. The second kappa shape index (κ2) is 19.0. The van der Waals surface area contributed by atoms with Crippen LogP contribution in [-0.4, -0.2) is 63.7 Å². The number of piperidine rings is 1. The summed E-state index contributed by atoms with van der Waals surface area (Å²) in [5.74, 6) is 1.76. The largest absolute Gasteiger partial charge is 0.493 e. The Morgan fingerprint density at radius 3 is 2.36 bits per heavy atom. The minimum atomic E-state index is -0.777. The fourth-order valence-corrected chi connectivity index (χ4v) is 6.28. The van der Waals surface area contributed by atoms with Crippen molar-refractivity contribution in [2.45, 2.75) is 91.3 Å². The summed E-state index contributed by atoms with van der Waals surface area (Å²) in [7, 11) is 3.33. The summed E-state index contributed by atoms with van der Waals surface area (Å²) in [4.78, 5) is 15.9. The Balaban J connectivity index is 1.60. The van der Waals surface area contributed by atoms with E-state index in [1.54, 1.807) is 14.2 Å². The molecule has 0 saturated carbocycles. The molecule has 45 heavy (non-hydrogen) atoms. The average Bonchev–Trinajstić information content (AvgIpc) is 3.04. The molecule has 2 aromatic carbocycles. The lowest BCUT2D eigenvalue weighted by atomic mass is 9.81. The molecule has 4 N–H and O–H groups in total. The zero-order valence-corrected chi connectivity index (χ0v) is 28.6. The van der Waals surface area contributed by atoms with Crippen LogP contribution in [-0.2, 0) is 22.5 Å². The van der Waals surface area contributed by atoms with Gasteiger partial charge in [0.25, 0.3) is 0 Å². The second-order valence-electron chi connectivity index (χ2n) is 13.3. The first-order valence-corrected chi connectivity index (χ1v) is 17.0. The van der Waals surface area contributed by atoms with Crippen molar-refractivity contribution in [2.75, 3.05) is 45.4 Å². The molecule has 4 atom stereocenters. The van der Waals surface area contributed by atoms with E-state index in [-0.39, 0.29) is 23.7 Å². The zero-order valence-electron chi connectivity index (χ0n) is 28.6. The number of aliphatic hydroxyl groups is 1. The van der Waals surface area contributed by atoms with E-state index >= 15 is 0 Å². The lowest BCUT2D eigenvalue weighted by Crippen LogP contribution is -2.42. The van der Waals surface area contributed by atoms with Gasteiger partial charge in [-0.3, -0.25) is 4.79 Å². The van der Waals surface area contributed by atoms with Gasteiger partial charge in [0.05, 0.1) is 19.8 Å². The van der Waals surface area contributed by atoms with E-state index in [0.29, 0.717) is 44.3 Å². The highest BCUT2D eigenvalue weighted by molar-refractivity contribution is 5.79. The third-order valence-electron chi connectivity index (χ3n) is 9.27. The van der Waals surface area contributed by atoms with Crippen molar-refractivity contribution in [1.82, 2.24) is 5.32 Å². The number of carbonyl (C=O) groups excluding carboxylic acids is 1. The number of hydrogen-bond acceptors (Lipinski definition) is 7. The van der Waals surface area contributed by atoms with E-state index in [9.17, 15) is 9.90 Å². The number of methoxy groups -OCH3 is 2. The summed E-state index contributed by atoms with van der Waals surface area (Å²) in [6.45, 7) is 12.3. The van der Waals surface area contributed by atoms with Crippen molar-refractivity contribution in [3.63, 3.8) is 0 Å². The Morgan fingerprint density at radius 2 is 1.69 bits per heavy atom. The van der Waals surface area contributed by atoms with Gasteiger partial charge in [0.2, 0.25) is 5.91 Å². The Kier molecular flexibility index (Phi) is 15.5. The molecule has 1 amide bonds. The van der Waals surface area contributed by atoms with Gasteiger partial charge in [-0.05, 0) is 85.6 Å². The molecule has 8 heteroatoms. The number of anilines is 1. The first-order valence-electron chi connectivity index (χ1n) is 17.0. The van der Waals surface area contributed by atoms with Crippen LogP contribution in [0.15, 0.2) is 42.5 Å². The van der Waals surface area contributed by atoms with Gasteiger partial charge >= 0.3 is 0 Å². The van der Waals surface area contributed by atoms with Crippen LogP contribution in [0.3, 0.4) is 0 Å². The van der Waals surface area contributed by atoms with Crippen LogP contribution >= 0.6 is 0 Å². The fourth-order valence-electron chi connectivity index (χ4n) is 6.28. The van der Waals surface area contributed by atoms with Crippen LogP contribution in [0.25, 0.3) is 0 Å². The van der Waals surface area contributed by atoms with Crippen molar-refractivity contribution in [3.8, 4) is 11.5 Å². The van der Waals surface area contributed by atoms with Crippen molar-refractivity contribution >= 4 is 11.6 Å². The number of nitrogens with two attached hydrogens (primary N) is 1. The minimum absolute atomic E-state index is 0.0265. The van der Waals surface area contributed by atoms with E-state index in [0.717, 1.165) is 42.8 Å². The lowest BCUT2D eigenvalue weighted by Gasteiger charge is -2.31. The van der Waals surface area contributed by atoms with Gasteiger partial charge in [-0.15, -0.1) is 0 Å². The number of nitrogens with zero attached hydrogens (tertiary/aromatic N) is 1. The van der Waals surface area contributed by atoms with Crippen molar-refractivity contribution in [2.24, 2.45) is 29.4 Å². The van der Waals surface area contributed by atoms with Gasteiger partial charge in [-0.2, -0.15) is 0 Å². The van der Waals surface area contributed by atoms with E-state index in [1.807, 2.05) is 32.0 Å². The van der Waals surface area contributed by atoms with Gasteiger partial charge in [0.1, 0.15) is 0 Å². The number of ether oxygens (including phenoxy) is 3. The molecule has 0 radical (unpaired) electrons. The number of benzene rings is 2. The topological polar surface area (TPSA) is 106 Å².